The number of fused-ring (bicyclic) bond motifs is 1. The fourth-order valence-electron chi connectivity index (χ4n) is 2.95. The highest BCUT2D eigenvalue weighted by Gasteiger charge is 2.08. The van der Waals surface area contributed by atoms with Gasteiger partial charge in [0.15, 0.2) is 0 Å². The van der Waals surface area contributed by atoms with E-state index < -0.39 is 5.97 Å². The molecule has 0 aliphatic carbocycles. The predicted molar refractivity (Wildman–Crippen MR) is 106 cm³/mol. The van der Waals surface area contributed by atoms with Crippen molar-refractivity contribution in [3.8, 4) is 17.1 Å². The number of benzene rings is 3. The van der Waals surface area contributed by atoms with Gasteiger partial charge < -0.3 is 14.3 Å². The molecule has 0 saturated carbocycles. The number of hydrogen-bond donors (Lipinski definition) is 1. The van der Waals surface area contributed by atoms with Crippen molar-refractivity contribution in [2.24, 2.45) is 4.99 Å². The average molecular weight is 371 g/mol. The Labute approximate surface area is 161 Å². The Balaban J connectivity index is 1.95. The summed E-state index contributed by atoms with van der Waals surface area (Å²) in [5.74, 6) is 0.351. The minimum Gasteiger partial charge on any atom is -0.508 e. The van der Waals surface area contributed by atoms with Gasteiger partial charge in [-0.1, -0.05) is 36.4 Å². The molecule has 0 saturated heterocycles. The molecule has 5 nitrogen and oxygen atoms in total. The van der Waals surface area contributed by atoms with Crippen LogP contribution in [0.15, 0.2) is 88.3 Å². The van der Waals surface area contributed by atoms with Crippen LogP contribution in [-0.2, 0) is 4.74 Å². The smallest absolute Gasteiger partial charge is 0.337 e. The zero-order chi connectivity index (χ0) is 19.5. The van der Waals surface area contributed by atoms with Gasteiger partial charge in [-0.2, -0.15) is 0 Å². The van der Waals surface area contributed by atoms with Gasteiger partial charge in [-0.15, -0.1) is 0 Å². The number of carbonyl (C=O) groups excluding carboxylic acids is 1. The molecule has 1 aromatic heterocycles. The number of rotatable bonds is 3. The second-order valence-corrected chi connectivity index (χ2v) is 6.20. The molecule has 0 aliphatic heterocycles. The van der Waals surface area contributed by atoms with Crippen LogP contribution >= 0.6 is 0 Å². The van der Waals surface area contributed by atoms with E-state index in [0.29, 0.717) is 33.3 Å². The normalized spacial score (nSPS) is 11.5. The van der Waals surface area contributed by atoms with Crippen molar-refractivity contribution in [3.63, 3.8) is 0 Å². The lowest BCUT2D eigenvalue weighted by atomic mass is 10.1. The summed E-state index contributed by atoms with van der Waals surface area (Å²) < 4.78 is 10.8. The van der Waals surface area contributed by atoms with Crippen LogP contribution in [0.1, 0.15) is 10.4 Å². The molecule has 0 atom stereocenters. The lowest BCUT2D eigenvalue weighted by molar-refractivity contribution is 0.0600. The van der Waals surface area contributed by atoms with Crippen LogP contribution in [0.25, 0.3) is 22.3 Å². The van der Waals surface area contributed by atoms with E-state index in [1.807, 2.05) is 36.4 Å². The van der Waals surface area contributed by atoms with Gasteiger partial charge in [0.1, 0.15) is 17.1 Å². The lowest BCUT2D eigenvalue weighted by Crippen LogP contribution is -2.04. The highest BCUT2D eigenvalue weighted by molar-refractivity contribution is 5.90. The second-order valence-electron chi connectivity index (χ2n) is 6.20. The van der Waals surface area contributed by atoms with E-state index in [1.54, 1.807) is 42.5 Å². The first kappa shape index (κ1) is 17.5. The highest BCUT2D eigenvalue weighted by atomic mass is 16.5. The van der Waals surface area contributed by atoms with Gasteiger partial charge in [0.25, 0.3) is 0 Å². The van der Waals surface area contributed by atoms with Crippen molar-refractivity contribution in [1.82, 2.24) is 0 Å². The molecular formula is C23H17NO4. The molecule has 138 valence electrons. The van der Waals surface area contributed by atoms with Crippen LogP contribution in [-0.4, -0.2) is 18.2 Å². The van der Waals surface area contributed by atoms with E-state index in [1.165, 1.54) is 7.11 Å². The lowest BCUT2D eigenvalue weighted by Gasteiger charge is -2.06. The predicted octanol–water partition coefficient (Wildman–Crippen LogP) is 4.82. The quantitative estimate of drug-likeness (QED) is 0.524. The monoisotopic (exact) mass is 371 g/mol. The number of carbonyl (C=O) groups is 1. The molecule has 5 heteroatoms. The molecule has 1 heterocycles. The molecular weight excluding hydrogens is 354 g/mol. The molecule has 0 bridgehead atoms. The third-order valence-corrected chi connectivity index (χ3v) is 4.30. The Morgan fingerprint density at radius 2 is 1.79 bits per heavy atom. The minimum atomic E-state index is -0.424. The van der Waals surface area contributed by atoms with Gasteiger partial charge in [0, 0.05) is 17.0 Å². The summed E-state index contributed by atoms with van der Waals surface area (Å²) in [6.45, 7) is 0. The van der Waals surface area contributed by atoms with E-state index in [9.17, 15) is 9.90 Å². The van der Waals surface area contributed by atoms with Gasteiger partial charge >= 0.3 is 5.97 Å². The van der Waals surface area contributed by atoms with Crippen molar-refractivity contribution in [2.45, 2.75) is 0 Å². The summed E-state index contributed by atoms with van der Waals surface area (Å²) in [5.41, 5.74) is 2.52. The summed E-state index contributed by atoms with van der Waals surface area (Å²) >= 11 is 0. The SMILES string of the molecule is COC(=O)c1cccc(N=c2cc(-c3ccccc3)oc3ccc(O)cc23)c1. The number of esters is 1. The largest absolute Gasteiger partial charge is 0.508 e. The number of methoxy groups -OCH3 is 1. The topological polar surface area (TPSA) is 72.0 Å². The summed E-state index contributed by atoms with van der Waals surface area (Å²) in [7, 11) is 1.34. The first-order chi connectivity index (χ1) is 13.6. The van der Waals surface area contributed by atoms with Crippen LogP contribution in [0.5, 0.6) is 5.75 Å². The van der Waals surface area contributed by atoms with Crippen LogP contribution < -0.4 is 5.36 Å². The standard InChI is InChI=1S/C23H17NO4/c1-27-23(26)16-8-5-9-17(12-16)24-20-14-22(15-6-3-2-4-7-15)28-21-11-10-18(25)13-19(20)21/h2-14,25H,1H3. The number of ether oxygens (including phenoxy) is 1. The van der Waals surface area contributed by atoms with Crippen LogP contribution in [0, 0.1) is 0 Å². The Bertz CT molecular complexity index is 1230. The van der Waals surface area contributed by atoms with Gasteiger partial charge in [0.2, 0.25) is 0 Å². The zero-order valence-electron chi connectivity index (χ0n) is 15.1. The first-order valence-corrected chi connectivity index (χ1v) is 8.69. The molecule has 0 fully saturated rings. The van der Waals surface area contributed by atoms with Crippen molar-refractivity contribution in [2.75, 3.05) is 7.11 Å². The average Bonchev–Trinajstić information content (AvgIpc) is 2.74. The fourth-order valence-corrected chi connectivity index (χ4v) is 2.95. The van der Waals surface area contributed by atoms with E-state index in [0.717, 1.165) is 5.56 Å². The third-order valence-electron chi connectivity index (χ3n) is 4.30. The summed E-state index contributed by atoms with van der Waals surface area (Å²) in [6, 6.07) is 23.3. The third kappa shape index (κ3) is 3.50. The van der Waals surface area contributed by atoms with Crippen LogP contribution in [0.3, 0.4) is 0 Å². The van der Waals surface area contributed by atoms with Gasteiger partial charge in [-0.3, -0.25) is 0 Å². The van der Waals surface area contributed by atoms with E-state index >= 15 is 0 Å². The van der Waals surface area contributed by atoms with Crippen LogP contribution in [0.2, 0.25) is 0 Å². The van der Waals surface area contributed by atoms with Crippen molar-refractivity contribution >= 4 is 22.6 Å². The number of hydrogen-bond acceptors (Lipinski definition) is 5. The Hall–Kier alpha value is -3.86. The van der Waals surface area contributed by atoms with Gasteiger partial charge in [-0.05, 0) is 36.4 Å². The number of phenols is 1. The Morgan fingerprint density at radius 3 is 2.57 bits per heavy atom. The maximum Gasteiger partial charge on any atom is 0.337 e. The van der Waals surface area contributed by atoms with Gasteiger partial charge in [0.05, 0.1) is 23.7 Å². The number of nitrogens with zero attached hydrogens (tertiary/aromatic N) is 1. The van der Waals surface area contributed by atoms with Crippen molar-refractivity contribution in [3.05, 3.63) is 89.8 Å². The maximum absolute atomic E-state index is 11.8. The Morgan fingerprint density at radius 1 is 0.964 bits per heavy atom. The zero-order valence-corrected chi connectivity index (χ0v) is 15.1. The number of phenolic OH excluding ortho intramolecular Hbond substituents is 1. The molecule has 0 radical (unpaired) electrons. The number of aromatic hydroxyl groups is 1. The fraction of sp³-hybridized carbons (Fsp3) is 0.0435. The van der Waals surface area contributed by atoms with E-state index in [-0.39, 0.29) is 5.75 Å². The molecule has 0 aliphatic rings. The molecule has 3 aromatic carbocycles. The summed E-state index contributed by atoms with van der Waals surface area (Å²) in [6.07, 6.45) is 0. The molecule has 4 aromatic rings. The highest BCUT2D eigenvalue weighted by Crippen LogP contribution is 2.25. The van der Waals surface area contributed by atoms with E-state index in [2.05, 4.69) is 0 Å². The molecule has 0 spiro atoms. The molecule has 1 N–H and O–H groups in total. The summed E-state index contributed by atoms with van der Waals surface area (Å²) in [5, 5.41) is 11.2. The second kappa shape index (κ2) is 7.40. The van der Waals surface area contributed by atoms with E-state index in [4.69, 9.17) is 14.1 Å². The first-order valence-electron chi connectivity index (χ1n) is 8.69. The summed E-state index contributed by atoms with van der Waals surface area (Å²) in [4.78, 5) is 16.5. The van der Waals surface area contributed by atoms with Crippen molar-refractivity contribution < 1.29 is 19.1 Å². The van der Waals surface area contributed by atoms with Crippen LogP contribution in [0.4, 0.5) is 5.69 Å². The Kier molecular flexibility index (Phi) is 4.64. The van der Waals surface area contributed by atoms with Gasteiger partial charge in [-0.25, -0.2) is 9.79 Å². The molecule has 28 heavy (non-hydrogen) atoms. The molecule has 4 rings (SSSR count). The minimum absolute atomic E-state index is 0.120. The van der Waals surface area contributed by atoms with Crippen molar-refractivity contribution in [1.29, 1.82) is 0 Å². The molecule has 0 unspecified atom stereocenters. The maximum atomic E-state index is 11.8. The molecule has 0 amide bonds.